The molecular formula is C53H97O8P. The molecule has 0 amide bonds. The molecule has 2 unspecified atom stereocenters. The first-order chi connectivity index (χ1) is 30.3. The Balaban J connectivity index is 3.89. The van der Waals surface area contributed by atoms with E-state index in [0.717, 1.165) is 77.7 Å². The number of allylic oxidation sites excluding steroid dienone is 8. The zero-order chi connectivity index (χ0) is 45.3. The third kappa shape index (κ3) is 47.5. The summed E-state index contributed by atoms with van der Waals surface area (Å²) in [7, 11) is -3.20. The lowest BCUT2D eigenvalue weighted by atomic mass is 10.0. The predicted molar refractivity (Wildman–Crippen MR) is 262 cm³/mol. The van der Waals surface area contributed by atoms with Crippen LogP contribution >= 0.6 is 7.82 Å². The highest BCUT2D eigenvalue weighted by molar-refractivity contribution is 7.47. The van der Waals surface area contributed by atoms with Crippen molar-refractivity contribution in [2.75, 3.05) is 20.3 Å². The lowest BCUT2D eigenvalue weighted by molar-refractivity contribution is -0.161. The fourth-order valence-electron chi connectivity index (χ4n) is 7.42. The molecule has 0 aromatic heterocycles. The van der Waals surface area contributed by atoms with Gasteiger partial charge in [0.2, 0.25) is 0 Å². The number of phosphoric acid groups is 1. The Labute approximate surface area is 382 Å². The summed E-state index contributed by atoms with van der Waals surface area (Å²) in [6.45, 7) is 3.81. The third-order valence-corrected chi connectivity index (χ3v) is 12.3. The molecule has 362 valence electrons. The summed E-state index contributed by atoms with van der Waals surface area (Å²) in [5.41, 5.74) is 0. The summed E-state index contributed by atoms with van der Waals surface area (Å²) in [4.78, 5) is 34.7. The van der Waals surface area contributed by atoms with E-state index in [9.17, 15) is 19.0 Å². The number of hydrogen-bond acceptors (Lipinski definition) is 7. The van der Waals surface area contributed by atoms with E-state index >= 15 is 0 Å². The predicted octanol–water partition coefficient (Wildman–Crippen LogP) is 16.9. The number of esters is 2. The normalized spacial score (nSPS) is 13.5. The molecule has 0 radical (unpaired) electrons. The van der Waals surface area contributed by atoms with Crippen LogP contribution in [0.3, 0.4) is 0 Å². The molecule has 0 fully saturated rings. The molecule has 0 spiro atoms. The maximum Gasteiger partial charge on any atom is 0.472 e. The lowest BCUT2D eigenvalue weighted by Crippen LogP contribution is -2.29. The molecule has 0 aromatic carbocycles. The summed E-state index contributed by atoms with van der Waals surface area (Å²) < 4.78 is 32.2. The topological polar surface area (TPSA) is 108 Å². The summed E-state index contributed by atoms with van der Waals surface area (Å²) in [6.07, 6.45) is 60.3. The van der Waals surface area contributed by atoms with Crippen LogP contribution in [0.15, 0.2) is 48.6 Å². The van der Waals surface area contributed by atoms with Gasteiger partial charge in [-0.2, -0.15) is 0 Å². The lowest BCUT2D eigenvalue weighted by Gasteiger charge is -2.19. The highest BCUT2D eigenvalue weighted by atomic mass is 31.2. The Hall–Kier alpha value is -1.99. The van der Waals surface area contributed by atoms with Crippen LogP contribution in [0.5, 0.6) is 0 Å². The van der Waals surface area contributed by atoms with Gasteiger partial charge in [0.25, 0.3) is 0 Å². The number of unbranched alkanes of at least 4 members (excludes halogenated alkanes) is 29. The second-order valence-electron chi connectivity index (χ2n) is 17.3. The van der Waals surface area contributed by atoms with Gasteiger partial charge >= 0.3 is 19.8 Å². The van der Waals surface area contributed by atoms with Gasteiger partial charge in [0.05, 0.1) is 6.61 Å². The fraction of sp³-hybridized carbons (Fsp3) is 0.811. The van der Waals surface area contributed by atoms with Crippen LogP contribution in [0, 0.1) is 0 Å². The van der Waals surface area contributed by atoms with E-state index in [2.05, 4.69) is 67.0 Å². The molecule has 2 atom stereocenters. The summed E-state index contributed by atoms with van der Waals surface area (Å²) >= 11 is 0. The third-order valence-electron chi connectivity index (χ3n) is 11.3. The molecule has 8 nitrogen and oxygen atoms in total. The summed E-state index contributed by atoms with van der Waals surface area (Å²) in [6, 6.07) is 0. The van der Waals surface area contributed by atoms with Crippen LogP contribution in [-0.2, 0) is 32.7 Å². The van der Waals surface area contributed by atoms with E-state index in [1.54, 1.807) is 0 Å². The van der Waals surface area contributed by atoms with Gasteiger partial charge in [-0.15, -0.1) is 0 Å². The largest absolute Gasteiger partial charge is 0.472 e. The van der Waals surface area contributed by atoms with Crippen molar-refractivity contribution >= 4 is 19.8 Å². The van der Waals surface area contributed by atoms with Crippen molar-refractivity contribution in [3.05, 3.63) is 48.6 Å². The number of hydrogen-bond donors (Lipinski definition) is 1. The minimum absolute atomic E-state index is 0.224. The molecule has 62 heavy (non-hydrogen) atoms. The van der Waals surface area contributed by atoms with Crippen molar-refractivity contribution in [2.24, 2.45) is 0 Å². The number of ether oxygens (including phenoxy) is 2. The van der Waals surface area contributed by atoms with Gasteiger partial charge in [-0.3, -0.25) is 18.6 Å². The fourth-order valence-corrected chi connectivity index (χ4v) is 7.88. The molecule has 0 aliphatic carbocycles. The highest BCUT2D eigenvalue weighted by Gasteiger charge is 2.24. The second kappa shape index (κ2) is 48.5. The van der Waals surface area contributed by atoms with Gasteiger partial charge in [-0.1, -0.05) is 236 Å². The van der Waals surface area contributed by atoms with Gasteiger partial charge in [-0.05, 0) is 51.4 Å². The maximum atomic E-state index is 12.6. The van der Waals surface area contributed by atoms with Crippen molar-refractivity contribution in [1.29, 1.82) is 0 Å². The first-order valence-corrected chi connectivity index (χ1v) is 27.3. The molecule has 9 heteroatoms. The maximum absolute atomic E-state index is 12.6. The minimum atomic E-state index is -4.27. The highest BCUT2D eigenvalue weighted by Crippen LogP contribution is 2.42. The molecule has 0 aliphatic rings. The van der Waals surface area contributed by atoms with Gasteiger partial charge in [0, 0.05) is 20.0 Å². The molecule has 0 heterocycles. The molecule has 0 saturated carbocycles. The first-order valence-electron chi connectivity index (χ1n) is 25.8. The summed E-state index contributed by atoms with van der Waals surface area (Å²) in [5.74, 6) is -0.798. The van der Waals surface area contributed by atoms with Crippen LogP contribution in [0.1, 0.15) is 251 Å². The van der Waals surface area contributed by atoms with E-state index in [0.29, 0.717) is 12.8 Å². The number of carbonyl (C=O) groups excluding carboxylic acids is 2. The molecular weight excluding hydrogens is 796 g/mol. The van der Waals surface area contributed by atoms with Gasteiger partial charge in [0.1, 0.15) is 6.61 Å². The van der Waals surface area contributed by atoms with Crippen LogP contribution in [0.25, 0.3) is 0 Å². The average molecular weight is 893 g/mol. The Morgan fingerprint density at radius 3 is 1.23 bits per heavy atom. The second-order valence-corrected chi connectivity index (χ2v) is 18.8. The summed E-state index contributed by atoms with van der Waals surface area (Å²) in [5, 5.41) is 0. The zero-order valence-electron chi connectivity index (χ0n) is 40.5. The Kier molecular flexibility index (Phi) is 46.9. The standard InChI is InChI=1S/C53H97O8P/c1-4-6-8-10-12-14-16-18-20-22-24-26-27-28-30-32-34-36-38-40-42-44-46-48-53(55)61-51(50-60-62(56,57)58-3)49-59-52(54)47-45-43-41-39-37-35-33-31-29-25-23-21-19-17-15-13-11-9-7-5-2/h6,8,12,14,18,20,24,26,51H,4-5,7,9-11,13,15-17,19,21-23,25,27-50H2,1-3H3,(H,56,57)/b8-6-,14-12-,20-18-,26-24-. The van der Waals surface area contributed by atoms with Crippen molar-refractivity contribution in [3.8, 4) is 0 Å². The average Bonchev–Trinajstić information content (AvgIpc) is 3.26. The smallest absolute Gasteiger partial charge is 0.462 e. The van der Waals surface area contributed by atoms with Crippen molar-refractivity contribution in [1.82, 2.24) is 0 Å². The van der Waals surface area contributed by atoms with Gasteiger partial charge in [0.15, 0.2) is 6.10 Å². The molecule has 1 N–H and O–H groups in total. The van der Waals surface area contributed by atoms with E-state index < -0.39 is 26.5 Å². The van der Waals surface area contributed by atoms with E-state index in [1.807, 2.05) is 0 Å². The van der Waals surface area contributed by atoms with E-state index in [-0.39, 0.29) is 19.0 Å². The van der Waals surface area contributed by atoms with Crippen LogP contribution in [0.4, 0.5) is 0 Å². The van der Waals surface area contributed by atoms with Crippen molar-refractivity contribution < 1.29 is 37.6 Å². The SMILES string of the molecule is CC/C=C\C/C=C\C/C=C\C/C=C\CCCCCCCCCCCCC(=O)OC(COC(=O)CCCCCCCCCCCCCCCCCCCCCC)COP(=O)(O)OC. The molecule has 0 aliphatic heterocycles. The van der Waals surface area contributed by atoms with Crippen molar-refractivity contribution in [3.63, 3.8) is 0 Å². The quantitative estimate of drug-likeness (QED) is 0.0278. The van der Waals surface area contributed by atoms with Crippen LogP contribution in [0.2, 0.25) is 0 Å². The number of phosphoric ester groups is 1. The molecule has 0 rings (SSSR count). The van der Waals surface area contributed by atoms with E-state index in [1.165, 1.54) is 148 Å². The molecule has 0 aromatic rings. The number of carbonyl (C=O) groups is 2. The molecule has 0 saturated heterocycles. The Morgan fingerprint density at radius 2 is 0.823 bits per heavy atom. The number of rotatable bonds is 48. The molecule has 0 bridgehead atoms. The Bertz CT molecular complexity index is 1150. The van der Waals surface area contributed by atoms with E-state index in [4.69, 9.17) is 14.0 Å². The van der Waals surface area contributed by atoms with Gasteiger partial charge < -0.3 is 14.4 Å². The Morgan fingerprint density at radius 1 is 0.468 bits per heavy atom. The zero-order valence-corrected chi connectivity index (χ0v) is 41.4. The van der Waals surface area contributed by atoms with Crippen LogP contribution in [-0.4, -0.2) is 43.3 Å². The monoisotopic (exact) mass is 893 g/mol. The van der Waals surface area contributed by atoms with Gasteiger partial charge in [-0.25, -0.2) is 4.57 Å². The van der Waals surface area contributed by atoms with Crippen molar-refractivity contribution in [2.45, 2.75) is 258 Å². The van der Waals surface area contributed by atoms with Crippen LogP contribution < -0.4 is 0 Å². The minimum Gasteiger partial charge on any atom is -0.462 e. The first kappa shape index (κ1) is 60.0.